The van der Waals surface area contributed by atoms with Crippen LogP contribution in [0.25, 0.3) is 0 Å². The first-order valence-electron chi connectivity index (χ1n) is 7.16. The largest absolute Gasteiger partial charge is 0.493 e. The molecule has 2 aliphatic carbocycles. The van der Waals surface area contributed by atoms with Crippen LogP contribution in [0.3, 0.4) is 0 Å². The number of methoxy groups -OCH3 is 1. The topological polar surface area (TPSA) is 35.5 Å². The van der Waals surface area contributed by atoms with E-state index >= 15 is 0 Å². The van der Waals surface area contributed by atoms with Crippen molar-refractivity contribution < 1.29 is 14.3 Å². The highest BCUT2D eigenvalue weighted by atomic mass is 35.5. The first-order valence-corrected chi connectivity index (χ1v) is 7.54. The maximum absolute atomic E-state index is 10.8. The Morgan fingerprint density at radius 2 is 2.20 bits per heavy atom. The zero-order valence-corrected chi connectivity index (χ0v) is 12.4. The summed E-state index contributed by atoms with van der Waals surface area (Å²) in [5.41, 5.74) is 0.499. The average molecular weight is 295 g/mol. The molecule has 20 heavy (non-hydrogen) atoms. The molecule has 0 aliphatic heterocycles. The van der Waals surface area contributed by atoms with Gasteiger partial charge in [-0.3, -0.25) is 4.79 Å². The molecule has 0 spiro atoms. The summed E-state index contributed by atoms with van der Waals surface area (Å²) in [6, 6.07) is 3.28. The Morgan fingerprint density at radius 1 is 1.35 bits per heavy atom. The molecule has 2 saturated carbocycles. The van der Waals surface area contributed by atoms with Gasteiger partial charge in [0.1, 0.15) is 6.29 Å². The Morgan fingerprint density at radius 3 is 2.80 bits per heavy atom. The molecule has 2 aliphatic rings. The second-order valence-electron chi connectivity index (χ2n) is 5.90. The van der Waals surface area contributed by atoms with Crippen LogP contribution in [-0.4, -0.2) is 20.0 Å². The smallest absolute Gasteiger partial charge is 0.179 e. The lowest BCUT2D eigenvalue weighted by Gasteiger charge is -2.22. The molecular formula is C16H19ClO3. The van der Waals surface area contributed by atoms with Crippen molar-refractivity contribution in [2.24, 2.45) is 17.8 Å². The SMILES string of the molecule is COc1cc(C=O)cc(Cl)c1OCC1CC2CCC1C2. The van der Waals surface area contributed by atoms with Gasteiger partial charge in [-0.2, -0.15) is 0 Å². The number of carbonyl (C=O) groups is 1. The Kier molecular flexibility index (Phi) is 3.88. The molecule has 3 atom stereocenters. The van der Waals surface area contributed by atoms with E-state index in [0.29, 0.717) is 34.6 Å². The van der Waals surface area contributed by atoms with E-state index in [2.05, 4.69) is 0 Å². The van der Waals surface area contributed by atoms with Gasteiger partial charge in [0.15, 0.2) is 11.5 Å². The van der Waals surface area contributed by atoms with Crippen LogP contribution in [-0.2, 0) is 0 Å². The van der Waals surface area contributed by atoms with Gasteiger partial charge in [-0.25, -0.2) is 0 Å². The number of benzene rings is 1. The maximum atomic E-state index is 10.8. The molecule has 0 N–H and O–H groups in total. The van der Waals surface area contributed by atoms with Gasteiger partial charge in [0.2, 0.25) is 0 Å². The van der Waals surface area contributed by atoms with Crippen LogP contribution < -0.4 is 9.47 Å². The highest BCUT2D eigenvalue weighted by Crippen LogP contribution is 2.48. The summed E-state index contributed by atoms with van der Waals surface area (Å²) in [6.07, 6.45) is 6.13. The van der Waals surface area contributed by atoms with E-state index in [1.54, 1.807) is 19.2 Å². The minimum Gasteiger partial charge on any atom is -0.493 e. The van der Waals surface area contributed by atoms with E-state index in [-0.39, 0.29) is 0 Å². The first kappa shape index (κ1) is 13.7. The molecule has 3 unspecified atom stereocenters. The fourth-order valence-electron chi connectivity index (χ4n) is 3.72. The number of fused-ring (bicyclic) bond motifs is 2. The zero-order chi connectivity index (χ0) is 14.1. The number of hydrogen-bond acceptors (Lipinski definition) is 3. The third-order valence-electron chi connectivity index (χ3n) is 4.71. The summed E-state index contributed by atoms with van der Waals surface area (Å²) in [7, 11) is 1.56. The quantitative estimate of drug-likeness (QED) is 0.771. The van der Waals surface area contributed by atoms with Crippen molar-refractivity contribution in [3.8, 4) is 11.5 Å². The minimum atomic E-state index is 0.439. The van der Waals surface area contributed by atoms with E-state index in [1.165, 1.54) is 25.7 Å². The Balaban J connectivity index is 1.72. The molecule has 0 saturated heterocycles. The van der Waals surface area contributed by atoms with E-state index in [1.807, 2.05) is 0 Å². The number of ether oxygens (including phenoxy) is 2. The fourth-order valence-corrected chi connectivity index (χ4v) is 3.99. The fraction of sp³-hybridized carbons (Fsp3) is 0.562. The van der Waals surface area contributed by atoms with Crippen molar-refractivity contribution in [3.05, 3.63) is 22.7 Å². The zero-order valence-electron chi connectivity index (χ0n) is 11.6. The van der Waals surface area contributed by atoms with Crippen molar-refractivity contribution in [2.45, 2.75) is 25.7 Å². The molecule has 1 aromatic carbocycles. The molecule has 3 nitrogen and oxygen atoms in total. The standard InChI is InChI=1S/C16H19ClO3/c1-19-15-7-11(8-18)6-14(17)16(15)20-9-13-5-10-2-3-12(13)4-10/h6-8,10,12-13H,2-5,9H2,1H3. The predicted molar refractivity (Wildman–Crippen MR) is 77.8 cm³/mol. The lowest BCUT2D eigenvalue weighted by atomic mass is 9.89. The van der Waals surface area contributed by atoms with Crippen molar-refractivity contribution in [1.29, 1.82) is 0 Å². The molecular weight excluding hydrogens is 276 g/mol. The number of halogens is 1. The van der Waals surface area contributed by atoms with Crippen molar-refractivity contribution in [3.63, 3.8) is 0 Å². The first-order chi connectivity index (χ1) is 9.71. The summed E-state index contributed by atoms with van der Waals surface area (Å²) in [5.74, 6) is 3.45. The molecule has 2 bridgehead atoms. The van der Waals surface area contributed by atoms with Crippen LogP contribution in [0.4, 0.5) is 0 Å². The van der Waals surface area contributed by atoms with Crippen LogP contribution in [0.5, 0.6) is 11.5 Å². The third-order valence-corrected chi connectivity index (χ3v) is 4.99. The number of carbonyl (C=O) groups excluding carboxylic acids is 1. The van der Waals surface area contributed by atoms with E-state index in [0.717, 1.165) is 18.1 Å². The molecule has 3 rings (SSSR count). The van der Waals surface area contributed by atoms with Crippen molar-refractivity contribution in [1.82, 2.24) is 0 Å². The molecule has 0 radical (unpaired) electrons. The Hall–Kier alpha value is -1.22. The van der Waals surface area contributed by atoms with Gasteiger partial charge in [-0.1, -0.05) is 18.0 Å². The van der Waals surface area contributed by atoms with Gasteiger partial charge in [-0.15, -0.1) is 0 Å². The van der Waals surface area contributed by atoms with Crippen LogP contribution in [0, 0.1) is 17.8 Å². The van der Waals surface area contributed by atoms with Gasteiger partial charge in [0.25, 0.3) is 0 Å². The summed E-state index contributed by atoms with van der Waals surface area (Å²) in [5, 5.41) is 0.439. The second kappa shape index (κ2) is 5.65. The Labute approximate surface area is 124 Å². The van der Waals surface area contributed by atoms with E-state index in [9.17, 15) is 4.79 Å². The normalized spacial score (nSPS) is 27.6. The van der Waals surface area contributed by atoms with Gasteiger partial charge in [-0.05, 0) is 49.1 Å². The van der Waals surface area contributed by atoms with Gasteiger partial charge >= 0.3 is 0 Å². The monoisotopic (exact) mass is 294 g/mol. The number of rotatable bonds is 5. The summed E-state index contributed by atoms with van der Waals surface area (Å²) in [4.78, 5) is 10.8. The molecule has 0 heterocycles. The highest BCUT2D eigenvalue weighted by molar-refractivity contribution is 6.32. The highest BCUT2D eigenvalue weighted by Gasteiger charge is 2.39. The molecule has 4 heteroatoms. The number of hydrogen-bond donors (Lipinski definition) is 0. The average Bonchev–Trinajstić information content (AvgIpc) is 3.07. The summed E-state index contributed by atoms with van der Waals surface area (Å²) < 4.78 is 11.2. The molecule has 108 valence electrons. The maximum Gasteiger partial charge on any atom is 0.179 e. The number of aldehydes is 1. The second-order valence-corrected chi connectivity index (χ2v) is 6.31. The predicted octanol–water partition coefficient (Wildman–Crippen LogP) is 3.98. The lowest BCUT2D eigenvalue weighted by molar-refractivity contribution is 0.112. The molecule has 1 aromatic rings. The molecule has 2 fully saturated rings. The van der Waals surface area contributed by atoms with Crippen LogP contribution >= 0.6 is 11.6 Å². The summed E-state index contributed by atoms with van der Waals surface area (Å²) in [6.45, 7) is 0.692. The van der Waals surface area contributed by atoms with Gasteiger partial charge in [0.05, 0.1) is 18.7 Å². The van der Waals surface area contributed by atoms with Crippen LogP contribution in [0.1, 0.15) is 36.0 Å². The lowest BCUT2D eigenvalue weighted by Crippen LogP contribution is -2.18. The van der Waals surface area contributed by atoms with E-state index < -0.39 is 0 Å². The Bertz CT molecular complexity index is 515. The van der Waals surface area contributed by atoms with Crippen LogP contribution in [0.2, 0.25) is 5.02 Å². The summed E-state index contributed by atoms with van der Waals surface area (Å²) >= 11 is 6.19. The molecule has 0 amide bonds. The van der Waals surface area contributed by atoms with Gasteiger partial charge < -0.3 is 9.47 Å². The van der Waals surface area contributed by atoms with Crippen LogP contribution in [0.15, 0.2) is 12.1 Å². The van der Waals surface area contributed by atoms with E-state index in [4.69, 9.17) is 21.1 Å². The minimum absolute atomic E-state index is 0.439. The van der Waals surface area contributed by atoms with Crippen molar-refractivity contribution in [2.75, 3.05) is 13.7 Å². The van der Waals surface area contributed by atoms with Gasteiger partial charge in [0, 0.05) is 5.56 Å². The molecule has 0 aromatic heterocycles. The third kappa shape index (κ3) is 2.51. The van der Waals surface area contributed by atoms with Crippen molar-refractivity contribution >= 4 is 17.9 Å².